The van der Waals surface area contributed by atoms with E-state index in [1.165, 1.54) is 5.56 Å². The van der Waals surface area contributed by atoms with E-state index in [4.69, 9.17) is 9.84 Å². The number of pyridine rings is 1. The minimum atomic E-state index is -0.0366. The van der Waals surface area contributed by atoms with E-state index in [9.17, 15) is 4.79 Å². The van der Waals surface area contributed by atoms with Crippen LogP contribution in [0.3, 0.4) is 0 Å². The lowest BCUT2D eigenvalue weighted by Crippen LogP contribution is -2.48. The summed E-state index contributed by atoms with van der Waals surface area (Å²) in [6.07, 6.45) is 3.68. The van der Waals surface area contributed by atoms with Crippen LogP contribution in [0.1, 0.15) is 16.1 Å². The van der Waals surface area contributed by atoms with Gasteiger partial charge in [-0.25, -0.2) is 4.68 Å². The molecule has 0 saturated carbocycles. The molecule has 1 amide bonds. The maximum absolute atomic E-state index is 13.4. The number of hydrogen-bond donors (Lipinski definition) is 0. The van der Waals surface area contributed by atoms with Crippen molar-refractivity contribution in [3.05, 3.63) is 96.4 Å². The molecule has 1 fully saturated rings. The van der Waals surface area contributed by atoms with Crippen molar-refractivity contribution < 1.29 is 9.53 Å². The second kappa shape index (κ2) is 9.89. The quantitative estimate of drug-likeness (QED) is 0.443. The first-order valence-corrected chi connectivity index (χ1v) is 11.4. The summed E-state index contributed by atoms with van der Waals surface area (Å²) in [6, 6.07) is 23.6. The zero-order chi connectivity index (χ0) is 23.3. The summed E-state index contributed by atoms with van der Waals surface area (Å²) in [6.45, 7) is 3.85. The van der Waals surface area contributed by atoms with E-state index in [-0.39, 0.29) is 5.91 Å². The third kappa shape index (κ3) is 4.70. The van der Waals surface area contributed by atoms with E-state index in [1.807, 2.05) is 82.5 Å². The fourth-order valence-electron chi connectivity index (χ4n) is 4.24. The molecular weight excluding hydrogens is 426 g/mol. The van der Waals surface area contributed by atoms with Gasteiger partial charge in [-0.2, -0.15) is 5.10 Å². The predicted octanol–water partition coefficient (Wildman–Crippen LogP) is 3.90. The van der Waals surface area contributed by atoms with Gasteiger partial charge in [-0.1, -0.05) is 24.3 Å². The van der Waals surface area contributed by atoms with Gasteiger partial charge in [0, 0.05) is 50.7 Å². The van der Waals surface area contributed by atoms with Crippen molar-refractivity contribution in [2.24, 2.45) is 0 Å². The number of nitrogens with zero attached hydrogens (tertiary/aromatic N) is 5. The summed E-state index contributed by atoms with van der Waals surface area (Å²) in [7, 11) is 1.65. The lowest BCUT2D eigenvalue weighted by molar-refractivity contribution is 0.0622. The number of ether oxygens (including phenoxy) is 1. The van der Waals surface area contributed by atoms with E-state index < -0.39 is 0 Å². The van der Waals surface area contributed by atoms with Gasteiger partial charge in [0.2, 0.25) is 0 Å². The highest BCUT2D eigenvalue weighted by Gasteiger charge is 2.25. The number of amides is 1. The molecule has 4 aromatic rings. The Morgan fingerprint density at radius 1 is 0.941 bits per heavy atom. The van der Waals surface area contributed by atoms with Gasteiger partial charge in [0.1, 0.15) is 5.75 Å². The highest BCUT2D eigenvalue weighted by molar-refractivity contribution is 5.93. The van der Waals surface area contributed by atoms with E-state index >= 15 is 0 Å². The fraction of sp³-hybridized carbons (Fsp3) is 0.222. The minimum Gasteiger partial charge on any atom is -0.497 e. The van der Waals surface area contributed by atoms with E-state index in [1.54, 1.807) is 13.3 Å². The Morgan fingerprint density at radius 3 is 2.38 bits per heavy atom. The maximum atomic E-state index is 13.4. The van der Waals surface area contributed by atoms with Gasteiger partial charge in [0.15, 0.2) is 5.69 Å². The van der Waals surface area contributed by atoms with Crippen LogP contribution in [0.2, 0.25) is 0 Å². The molecule has 7 nitrogen and oxygen atoms in total. The molecule has 1 aliphatic rings. The van der Waals surface area contributed by atoms with E-state index in [2.05, 4.69) is 16.0 Å². The SMILES string of the molecule is COc1ccc(-c2cc(C(=O)N3CCN(Cc4cccnc4)CC3)nn2-c2ccccc2)cc1. The molecule has 0 aliphatic carbocycles. The zero-order valence-corrected chi connectivity index (χ0v) is 19.2. The maximum Gasteiger partial charge on any atom is 0.274 e. The summed E-state index contributed by atoms with van der Waals surface area (Å²) in [5.41, 5.74) is 4.39. The van der Waals surface area contributed by atoms with Gasteiger partial charge in [0.05, 0.1) is 18.5 Å². The second-order valence-electron chi connectivity index (χ2n) is 8.32. The normalized spacial score (nSPS) is 14.2. The first-order valence-electron chi connectivity index (χ1n) is 11.4. The highest BCUT2D eigenvalue weighted by Crippen LogP contribution is 2.27. The van der Waals surface area contributed by atoms with Crippen molar-refractivity contribution in [2.45, 2.75) is 6.54 Å². The molecule has 0 radical (unpaired) electrons. The standard InChI is InChI=1S/C27H27N5O2/c1-34-24-11-9-22(10-12-24)26-18-25(29-32(26)23-7-3-2-4-8-23)27(33)31-16-14-30(15-17-31)20-21-6-5-13-28-19-21/h2-13,18-19H,14-17,20H2,1H3. The molecule has 0 unspecified atom stereocenters. The molecule has 172 valence electrons. The Morgan fingerprint density at radius 2 is 1.71 bits per heavy atom. The van der Waals surface area contributed by atoms with Crippen LogP contribution in [-0.4, -0.2) is 63.8 Å². The third-order valence-electron chi connectivity index (χ3n) is 6.10. The zero-order valence-electron chi connectivity index (χ0n) is 19.2. The molecule has 7 heteroatoms. The number of piperazine rings is 1. The summed E-state index contributed by atoms with van der Waals surface area (Å²) >= 11 is 0. The van der Waals surface area contributed by atoms with Crippen LogP contribution in [0.4, 0.5) is 0 Å². The molecule has 0 bridgehead atoms. The van der Waals surface area contributed by atoms with Crippen molar-refractivity contribution >= 4 is 5.91 Å². The van der Waals surface area contributed by atoms with Crippen LogP contribution in [0.5, 0.6) is 5.75 Å². The topological polar surface area (TPSA) is 63.5 Å². The van der Waals surface area contributed by atoms with Gasteiger partial charge in [-0.05, 0) is 54.1 Å². The van der Waals surface area contributed by atoms with Crippen LogP contribution >= 0.6 is 0 Å². The number of carbonyl (C=O) groups is 1. The average Bonchev–Trinajstić information content (AvgIpc) is 3.35. The molecule has 2 aromatic carbocycles. The number of rotatable bonds is 6. The van der Waals surface area contributed by atoms with Crippen molar-refractivity contribution in [2.75, 3.05) is 33.3 Å². The van der Waals surface area contributed by atoms with Gasteiger partial charge in [0.25, 0.3) is 5.91 Å². The number of hydrogen-bond acceptors (Lipinski definition) is 5. The number of benzene rings is 2. The molecule has 0 atom stereocenters. The average molecular weight is 454 g/mol. The number of aromatic nitrogens is 3. The molecule has 0 N–H and O–H groups in total. The Bertz CT molecular complexity index is 1230. The van der Waals surface area contributed by atoms with Gasteiger partial charge < -0.3 is 9.64 Å². The molecule has 1 aliphatic heterocycles. The van der Waals surface area contributed by atoms with Crippen LogP contribution in [0.15, 0.2) is 85.2 Å². The molecule has 3 heterocycles. The number of methoxy groups -OCH3 is 1. The second-order valence-corrected chi connectivity index (χ2v) is 8.32. The van der Waals surface area contributed by atoms with Crippen molar-refractivity contribution in [3.63, 3.8) is 0 Å². The van der Waals surface area contributed by atoms with Crippen LogP contribution in [-0.2, 0) is 6.54 Å². The molecule has 0 spiro atoms. The Hall–Kier alpha value is -3.97. The molecule has 1 saturated heterocycles. The largest absolute Gasteiger partial charge is 0.497 e. The monoisotopic (exact) mass is 453 g/mol. The van der Waals surface area contributed by atoms with Crippen LogP contribution < -0.4 is 4.74 Å². The minimum absolute atomic E-state index is 0.0366. The number of carbonyl (C=O) groups excluding carboxylic acids is 1. The smallest absolute Gasteiger partial charge is 0.274 e. The van der Waals surface area contributed by atoms with Crippen molar-refractivity contribution in [3.8, 4) is 22.7 Å². The molecule has 5 rings (SSSR count). The summed E-state index contributed by atoms with van der Waals surface area (Å²) < 4.78 is 7.14. The molecule has 2 aromatic heterocycles. The first-order chi connectivity index (χ1) is 16.7. The van der Waals surface area contributed by atoms with Crippen molar-refractivity contribution in [1.82, 2.24) is 24.6 Å². The fourth-order valence-corrected chi connectivity index (χ4v) is 4.24. The lowest BCUT2D eigenvalue weighted by Gasteiger charge is -2.34. The Balaban J connectivity index is 1.36. The number of para-hydroxylation sites is 1. The van der Waals surface area contributed by atoms with Crippen LogP contribution in [0, 0.1) is 0 Å². The molecular formula is C27H27N5O2. The van der Waals surface area contributed by atoms with Gasteiger partial charge in [-0.3, -0.25) is 14.7 Å². The lowest BCUT2D eigenvalue weighted by atomic mass is 10.1. The van der Waals surface area contributed by atoms with E-state index in [0.717, 1.165) is 42.3 Å². The third-order valence-corrected chi connectivity index (χ3v) is 6.10. The predicted molar refractivity (Wildman–Crippen MR) is 131 cm³/mol. The van der Waals surface area contributed by atoms with Crippen molar-refractivity contribution in [1.29, 1.82) is 0 Å². The van der Waals surface area contributed by atoms with Crippen LogP contribution in [0.25, 0.3) is 16.9 Å². The first kappa shape index (κ1) is 21.9. The van der Waals surface area contributed by atoms with Gasteiger partial charge in [-0.15, -0.1) is 0 Å². The Labute approximate surface area is 199 Å². The van der Waals surface area contributed by atoms with Gasteiger partial charge >= 0.3 is 0 Å². The van der Waals surface area contributed by atoms with E-state index in [0.29, 0.717) is 18.8 Å². The highest BCUT2D eigenvalue weighted by atomic mass is 16.5. The Kier molecular flexibility index (Phi) is 6.35. The molecule has 34 heavy (non-hydrogen) atoms. The summed E-state index contributed by atoms with van der Waals surface area (Å²) in [4.78, 5) is 21.8. The summed E-state index contributed by atoms with van der Waals surface area (Å²) in [5.74, 6) is 0.750. The summed E-state index contributed by atoms with van der Waals surface area (Å²) in [5, 5.41) is 4.73.